The third kappa shape index (κ3) is 4.34. The van der Waals surface area contributed by atoms with Gasteiger partial charge in [0.05, 0.1) is 37.8 Å². The molecule has 2 aliphatic heterocycles. The molecule has 3 rings (SSSR count). The summed E-state index contributed by atoms with van der Waals surface area (Å²) in [6.07, 6.45) is 0.204. The van der Waals surface area contributed by atoms with Gasteiger partial charge in [-0.15, -0.1) is 0 Å². The molecule has 0 aliphatic carbocycles. The average molecular weight is 362 g/mol. The number of nitrogens with zero attached hydrogens (tertiary/aromatic N) is 1. The van der Waals surface area contributed by atoms with Crippen molar-refractivity contribution in [2.75, 3.05) is 38.2 Å². The number of fused-ring (bicyclic) bond motifs is 1. The van der Waals surface area contributed by atoms with Crippen molar-refractivity contribution < 1.29 is 23.8 Å². The Morgan fingerprint density at radius 3 is 3.00 bits per heavy atom. The molecule has 1 unspecified atom stereocenters. The maximum absolute atomic E-state index is 12.5. The number of hydrogen-bond acceptors (Lipinski definition) is 5. The van der Waals surface area contributed by atoms with Crippen molar-refractivity contribution in [3.8, 4) is 5.75 Å². The molecule has 1 aromatic carbocycles. The Bertz CT molecular complexity index is 689. The molecule has 1 saturated heterocycles. The smallest absolute Gasteiger partial charge is 0.322 e. The lowest BCUT2D eigenvalue weighted by molar-refractivity contribution is -0.0555. The molecule has 1 fully saturated rings. The number of ketones is 1. The number of urea groups is 1. The van der Waals surface area contributed by atoms with Crippen LogP contribution in [-0.4, -0.2) is 61.3 Å². The lowest BCUT2D eigenvalue weighted by atomic mass is 9.93. The molecule has 0 bridgehead atoms. The van der Waals surface area contributed by atoms with E-state index in [2.05, 4.69) is 5.32 Å². The van der Waals surface area contributed by atoms with Crippen molar-refractivity contribution in [3.63, 3.8) is 0 Å². The molecule has 2 aliphatic rings. The van der Waals surface area contributed by atoms with E-state index in [4.69, 9.17) is 14.2 Å². The second kappa shape index (κ2) is 7.63. The molecule has 1 aromatic rings. The second-order valence-electron chi connectivity index (χ2n) is 7.20. The van der Waals surface area contributed by atoms with Gasteiger partial charge < -0.3 is 24.4 Å². The lowest BCUT2D eigenvalue weighted by Crippen LogP contribution is -2.48. The van der Waals surface area contributed by atoms with Crippen molar-refractivity contribution in [1.29, 1.82) is 0 Å². The van der Waals surface area contributed by atoms with E-state index in [1.165, 1.54) is 0 Å². The molecular weight excluding hydrogens is 336 g/mol. The summed E-state index contributed by atoms with van der Waals surface area (Å²) >= 11 is 0. The molecule has 0 aromatic heterocycles. The number of anilines is 1. The standard InChI is InChI=1S/C19H26N2O5/c1-4-24-12-14-11-21(7-8-25-14)18(23)20-13-5-6-17-15(9-13)16(22)10-19(2,3)26-17/h5-6,9,14H,4,7-8,10-12H2,1-3H3,(H,20,23). The molecule has 0 saturated carbocycles. The van der Waals surface area contributed by atoms with Gasteiger partial charge in [0, 0.05) is 18.8 Å². The molecule has 1 atom stereocenters. The Labute approximate surface area is 153 Å². The van der Waals surface area contributed by atoms with Crippen LogP contribution in [0.1, 0.15) is 37.6 Å². The Balaban J connectivity index is 1.65. The van der Waals surface area contributed by atoms with E-state index in [0.717, 1.165) is 0 Å². The number of ether oxygens (including phenoxy) is 3. The first-order valence-electron chi connectivity index (χ1n) is 8.99. The van der Waals surface area contributed by atoms with E-state index < -0.39 is 5.60 Å². The molecule has 1 N–H and O–H groups in total. The second-order valence-corrected chi connectivity index (χ2v) is 7.20. The number of benzene rings is 1. The summed E-state index contributed by atoms with van der Waals surface area (Å²) in [5.74, 6) is 0.586. The minimum absolute atomic E-state index is 0.0236. The Morgan fingerprint density at radius 1 is 1.42 bits per heavy atom. The van der Waals surface area contributed by atoms with Crippen LogP contribution in [0.4, 0.5) is 10.5 Å². The Kier molecular flexibility index (Phi) is 5.48. The predicted molar refractivity (Wildman–Crippen MR) is 96.9 cm³/mol. The average Bonchev–Trinajstić information content (AvgIpc) is 2.60. The van der Waals surface area contributed by atoms with E-state index in [0.29, 0.717) is 56.3 Å². The number of carbonyl (C=O) groups is 2. The quantitative estimate of drug-likeness (QED) is 0.891. The van der Waals surface area contributed by atoms with Crippen LogP contribution in [0.3, 0.4) is 0 Å². The SMILES string of the molecule is CCOCC1CN(C(=O)Nc2ccc3c(c2)C(=O)CC(C)(C)O3)CCO1. The monoisotopic (exact) mass is 362 g/mol. The van der Waals surface area contributed by atoms with Gasteiger partial charge in [-0.05, 0) is 39.0 Å². The van der Waals surface area contributed by atoms with E-state index in [9.17, 15) is 9.59 Å². The van der Waals surface area contributed by atoms with Crippen molar-refractivity contribution in [2.45, 2.75) is 38.9 Å². The summed E-state index contributed by atoms with van der Waals surface area (Å²) in [4.78, 5) is 26.6. The van der Waals surface area contributed by atoms with Crippen LogP contribution in [0.15, 0.2) is 18.2 Å². The van der Waals surface area contributed by atoms with Crippen LogP contribution < -0.4 is 10.1 Å². The first kappa shape index (κ1) is 18.7. The van der Waals surface area contributed by atoms with Crippen LogP contribution >= 0.6 is 0 Å². The topological polar surface area (TPSA) is 77.1 Å². The van der Waals surface area contributed by atoms with Crippen molar-refractivity contribution in [1.82, 2.24) is 4.90 Å². The predicted octanol–water partition coefficient (Wildman–Crippen LogP) is 2.70. The van der Waals surface area contributed by atoms with Crippen molar-refractivity contribution in [3.05, 3.63) is 23.8 Å². The van der Waals surface area contributed by atoms with Gasteiger partial charge >= 0.3 is 6.03 Å². The van der Waals surface area contributed by atoms with Gasteiger partial charge in [0.25, 0.3) is 0 Å². The van der Waals surface area contributed by atoms with Crippen LogP contribution in [0.25, 0.3) is 0 Å². The molecule has 0 spiro atoms. The van der Waals surface area contributed by atoms with Gasteiger partial charge in [-0.25, -0.2) is 4.79 Å². The number of carbonyl (C=O) groups excluding carboxylic acids is 2. The molecule has 2 heterocycles. The van der Waals surface area contributed by atoms with E-state index in [1.807, 2.05) is 20.8 Å². The summed E-state index contributed by atoms with van der Waals surface area (Å²) in [6, 6.07) is 4.97. The lowest BCUT2D eigenvalue weighted by Gasteiger charge is -2.33. The summed E-state index contributed by atoms with van der Waals surface area (Å²) < 4.78 is 16.8. The number of hydrogen-bond donors (Lipinski definition) is 1. The van der Waals surface area contributed by atoms with Crippen LogP contribution in [0.2, 0.25) is 0 Å². The molecule has 7 heteroatoms. The summed E-state index contributed by atoms with van der Waals surface area (Å²) in [5, 5.41) is 2.86. The van der Waals surface area contributed by atoms with E-state index in [1.54, 1.807) is 23.1 Å². The van der Waals surface area contributed by atoms with Crippen molar-refractivity contribution >= 4 is 17.5 Å². The first-order chi connectivity index (χ1) is 12.4. The van der Waals surface area contributed by atoms with Crippen molar-refractivity contribution in [2.24, 2.45) is 0 Å². The Morgan fingerprint density at radius 2 is 2.23 bits per heavy atom. The minimum Gasteiger partial charge on any atom is -0.487 e. The molecular formula is C19H26N2O5. The maximum atomic E-state index is 12.5. The fourth-order valence-corrected chi connectivity index (χ4v) is 3.19. The summed E-state index contributed by atoms with van der Waals surface area (Å²) in [5.41, 5.74) is 0.592. The highest BCUT2D eigenvalue weighted by atomic mass is 16.5. The van der Waals surface area contributed by atoms with Crippen LogP contribution in [-0.2, 0) is 9.47 Å². The van der Waals surface area contributed by atoms with Gasteiger partial charge in [-0.3, -0.25) is 4.79 Å². The number of nitrogens with one attached hydrogen (secondary N) is 1. The molecule has 26 heavy (non-hydrogen) atoms. The number of amides is 2. The largest absolute Gasteiger partial charge is 0.487 e. The van der Waals surface area contributed by atoms with Crippen LogP contribution in [0, 0.1) is 0 Å². The fraction of sp³-hybridized carbons (Fsp3) is 0.579. The highest BCUT2D eigenvalue weighted by molar-refractivity contribution is 6.02. The summed E-state index contributed by atoms with van der Waals surface area (Å²) in [6.45, 7) is 8.28. The van der Waals surface area contributed by atoms with E-state index in [-0.39, 0.29) is 17.9 Å². The number of rotatable bonds is 4. The zero-order chi connectivity index (χ0) is 18.7. The number of Topliss-reactive ketones (excluding diaryl/α,β-unsaturated/α-hetero) is 1. The van der Waals surface area contributed by atoms with Gasteiger partial charge in [0.1, 0.15) is 11.4 Å². The van der Waals surface area contributed by atoms with Crippen LogP contribution in [0.5, 0.6) is 5.75 Å². The summed E-state index contributed by atoms with van der Waals surface area (Å²) in [7, 11) is 0. The molecule has 7 nitrogen and oxygen atoms in total. The zero-order valence-electron chi connectivity index (χ0n) is 15.5. The highest BCUT2D eigenvalue weighted by Crippen LogP contribution is 2.34. The maximum Gasteiger partial charge on any atom is 0.322 e. The minimum atomic E-state index is -0.502. The first-order valence-corrected chi connectivity index (χ1v) is 8.99. The third-order valence-corrected chi connectivity index (χ3v) is 4.44. The van der Waals surface area contributed by atoms with Gasteiger partial charge in [0.2, 0.25) is 0 Å². The normalized spacial score (nSPS) is 21.7. The highest BCUT2D eigenvalue weighted by Gasteiger charge is 2.32. The van der Waals surface area contributed by atoms with E-state index >= 15 is 0 Å². The Hall–Kier alpha value is -2.12. The molecule has 2 amide bonds. The third-order valence-electron chi connectivity index (χ3n) is 4.44. The van der Waals surface area contributed by atoms with Gasteiger partial charge in [0.15, 0.2) is 5.78 Å². The van der Waals surface area contributed by atoms with Gasteiger partial charge in [-0.1, -0.05) is 0 Å². The molecule has 142 valence electrons. The molecule has 0 radical (unpaired) electrons. The fourth-order valence-electron chi connectivity index (χ4n) is 3.19. The number of morpholine rings is 1. The zero-order valence-corrected chi connectivity index (χ0v) is 15.5. The van der Waals surface area contributed by atoms with Gasteiger partial charge in [-0.2, -0.15) is 0 Å².